The van der Waals surface area contributed by atoms with E-state index < -0.39 is 13.0 Å². The zero-order chi connectivity index (χ0) is 14.3. The second kappa shape index (κ2) is 8.55. The van der Waals surface area contributed by atoms with Crippen molar-refractivity contribution < 1.29 is 17.9 Å². The van der Waals surface area contributed by atoms with Gasteiger partial charge in [-0.2, -0.15) is 0 Å². The van der Waals surface area contributed by atoms with Crippen molar-refractivity contribution >= 4 is 15.9 Å². The van der Waals surface area contributed by atoms with Crippen molar-refractivity contribution in [3.8, 4) is 0 Å². The Hall–Kier alpha value is -0.590. The summed E-state index contributed by atoms with van der Waals surface area (Å²) in [5.41, 5.74) is 0.841. The average molecular weight is 340 g/mol. The van der Waals surface area contributed by atoms with Gasteiger partial charge in [0.05, 0.1) is 0 Å². The lowest BCUT2D eigenvalue weighted by molar-refractivity contribution is 0.0146. The average Bonchev–Trinajstić information content (AvgIpc) is 2.37. The number of alkyl halides is 2. The van der Waals surface area contributed by atoms with Crippen molar-refractivity contribution in [3.63, 3.8) is 0 Å². The summed E-state index contributed by atoms with van der Waals surface area (Å²) >= 11 is 3.36. The molecule has 1 rings (SSSR count). The highest BCUT2D eigenvalue weighted by atomic mass is 79.9. The van der Waals surface area contributed by atoms with E-state index in [0.29, 0.717) is 12.8 Å². The van der Waals surface area contributed by atoms with Gasteiger partial charge in [0.2, 0.25) is 0 Å². The van der Waals surface area contributed by atoms with Gasteiger partial charge in [-0.05, 0) is 43.7 Å². The fraction of sp³-hybridized carbons (Fsp3) is 0.538. The van der Waals surface area contributed by atoms with E-state index in [1.54, 1.807) is 13.1 Å². The van der Waals surface area contributed by atoms with Gasteiger partial charge >= 0.3 is 0 Å². The molecule has 1 unspecified atom stereocenters. The molecule has 0 radical (unpaired) electrons. The van der Waals surface area contributed by atoms with Crippen molar-refractivity contribution in [2.24, 2.45) is 0 Å². The SMILES string of the molecule is CNC(CCOCC(F)F)Cc1cc(F)ccc1Br. The first-order chi connectivity index (χ1) is 9.02. The van der Waals surface area contributed by atoms with Gasteiger partial charge in [0.1, 0.15) is 12.4 Å². The third-order valence-corrected chi connectivity index (χ3v) is 3.51. The van der Waals surface area contributed by atoms with Crippen LogP contribution in [0, 0.1) is 5.82 Å². The first kappa shape index (κ1) is 16.5. The number of ether oxygens (including phenoxy) is 1. The Kier molecular flexibility index (Phi) is 7.41. The van der Waals surface area contributed by atoms with Gasteiger partial charge in [-0.15, -0.1) is 0 Å². The van der Waals surface area contributed by atoms with Crippen LogP contribution < -0.4 is 5.32 Å². The Balaban J connectivity index is 2.45. The van der Waals surface area contributed by atoms with Crippen LogP contribution in [-0.4, -0.2) is 32.7 Å². The number of benzene rings is 1. The Morgan fingerprint density at radius 1 is 1.37 bits per heavy atom. The predicted octanol–water partition coefficient (Wildman–Crippen LogP) is 3.39. The molecule has 1 aromatic rings. The molecular formula is C13H17BrF3NO. The zero-order valence-electron chi connectivity index (χ0n) is 10.6. The summed E-state index contributed by atoms with van der Waals surface area (Å²) in [7, 11) is 1.78. The molecule has 1 aromatic carbocycles. The first-order valence-corrected chi connectivity index (χ1v) is 6.79. The highest BCUT2D eigenvalue weighted by molar-refractivity contribution is 9.10. The predicted molar refractivity (Wildman–Crippen MR) is 72.1 cm³/mol. The van der Waals surface area contributed by atoms with E-state index in [9.17, 15) is 13.2 Å². The quantitative estimate of drug-likeness (QED) is 0.733. The van der Waals surface area contributed by atoms with E-state index in [1.807, 2.05) is 0 Å². The smallest absolute Gasteiger partial charge is 0.261 e. The van der Waals surface area contributed by atoms with E-state index in [4.69, 9.17) is 4.74 Å². The first-order valence-electron chi connectivity index (χ1n) is 6.00. The summed E-state index contributed by atoms with van der Waals surface area (Å²) in [4.78, 5) is 0. The van der Waals surface area contributed by atoms with Gasteiger partial charge in [-0.3, -0.25) is 0 Å². The number of halogens is 4. The van der Waals surface area contributed by atoms with Crippen LogP contribution in [0.15, 0.2) is 22.7 Å². The van der Waals surface area contributed by atoms with E-state index in [0.717, 1.165) is 10.0 Å². The maximum atomic E-state index is 13.1. The maximum absolute atomic E-state index is 13.1. The van der Waals surface area contributed by atoms with Crippen LogP contribution in [0.3, 0.4) is 0 Å². The maximum Gasteiger partial charge on any atom is 0.261 e. The van der Waals surface area contributed by atoms with E-state index >= 15 is 0 Å². The number of nitrogens with one attached hydrogen (secondary N) is 1. The molecule has 0 saturated heterocycles. The molecule has 0 aliphatic carbocycles. The highest BCUT2D eigenvalue weighted by Crippen LogP contribution is 2.20. The summed E-state index contributed by atoms with van der Waals surface area (Å²) in [6.07, 6.45) is -1.25. The second-order valence-corrected chi connectivity index (χ2v) is 5.03. The molecule has 0 aliphatic rings. The molecule has 0 spiro atoms. The molecule has 0 aliphatic heterocycles. The molecule has 0 aromatic heterocycles. The topological polar surface area (TPSA) is 21.3 Å². The molecule has 0 amide bonds. The summed E-state index contributed by atoms with van der Waals surface area (Å²) < 4.78 is 42.6. The normalized spacial score (nSPS) is 12.9. The van der Waals surface area contributed by atoms with Crippen molar-refractivity contribution in [2.45, 2.75) is 25.3 Å². The van der Waals surface area contributed by atoms with Gasteiger partial charge < -0.3 is 10.1 Å². The van der Waals surface area contributed by atoms with Gasteiger partial charge in [0, 0.05) is 17.1 Å². The monoisotopic (exact) mass is 339 g/mol. The van der Waals surface area contributed by atoms with Crippen molar-refractivity contribution in [2.75, 3.05) is 20.3 Å². The molecule has 1 atom stereocenters. The molecule has 1 N–H and O–H groups in total. The van der Waals surface area contributed by atoms with Gasteiger partial charge in [-0.1, -0.05) is 15.9 Å². The van der Waals surface area contributed by atoms with E-state index in [1.165, 1.54) is 12.1 Å². The summed E-state index contributed by atoms with van der Waals surface area (Å²) in [5, 5.41) is 3.07. The molecule has 0 bridgehead atoms. The summed E-state index contributed by atoms with van der Waals surface area (Å²) in [6.45, 7) is -0.289. The third kappa shape index (κ3) is 6.40. The Bertz CT molecular complexity index is 390. The number of rotatable bonds is 8. The van der Waals surface area contributed by atoms with Crippen molar-refractivity contribution in [1.29, 1.82) is 0 Å². The Morgan fingerprint density at radius 3 is 2.74 bits per heavy atom. The lowest BCUT2D eigenvalue weighted by Gasteiger charge is -2.17. The van der Waals surface area contributed by atoms with Crippen LogP contribution in [0.4, 0.5) is 13.2 Å². The minimum atomic E-state index is -2.44. The largest absolute Gasteiger partial charge is 0.375 e. The lowest BCUT2D eigenvalue weighted by Crippen LogP contribution is -2.29. The van der Waals surface area contributed by atoms with Crippen molar-refractivity contribution in [3.05, 3.63) is 34.1 Å². The van der Waals surface area contributed by atoms with Gasteiger partial charge in [-0.25, -0.2) is 13.2 Å². The van der Waals surface area contributed by atoms with Crippen LogP contribution in [-0.2, 0) is 11.2 Å². The molecule has 2 nitrogen and oxygen atoms in total. The number of hydrogen-bond donors (Lipinski definition) is 1. The molecule has 0 fully saturated rings. The minimum absolute atomic E-state index is 0.0516. The fourth-order valence-electron chi connectivity index (χ4n) is 1.71. The molecule has 6 heteroatoms. The van der Waals surface area contributed by atoms with Gasteiger partial charge in [0.15, 0.2) is 0 Å². The van der Waals surface area contributed by atoms with E-state index in [-0.39, 0.29) is 18.5 Å². The van der Waals surface area contributed by atoms with Crippen LogP contribution in [0.1, 0.15) is 12.0 Å². The van der Waals surface area contributed by atoms with Crippen LogP contribution in [0.25, 0.3) is 0 Å². The van der Waals surface area contributed by atoms with Crippen LogP contribution in [0.5, 0.6) is 0 Å². The standard InChI is InChI=1S/C13H17BrF3NO/c1-18-11(4-5-19-8-13(16)17)7-9-6-10(15)2-3-12(9)14/h2-3,6,11,13,18H,4-5,7-8H2,1H3. The van der Waals surface area contributed by atoms with Crippen molar-refractivity contribution in [1.82, 2.24) is 5.32 Å². The van der Waals surface area contributed by atoms with Gasteiger partial charge in [0.25, 0.3) is 6.43 Å². The third-order valence-electron chi connectivity index (χ3n) is 2.74. The fourth-order valence-corrected chi connectivity index (χ4v) is 2.12. The minimum Gasteiger partial charge on any atom is -0.375 e. The molecule has 108 valence electrons. The molecule has 19 heavy (non-hydrogen) atoms. The molecular weight excluding hydrogens is 323 g/mol. The Morgan fingerprint density at radius 2 is 2.11 bits per heavy atom. The second-order valence-electron chi connectivity index (χ2n) is 4.18. The summed E-state index contributed by atoms with van der Waals surface area (Å²) in [6, 6.07) is 4.56. The van der Waals surface area contributed by atoms with Crippen LogP contribution in [0.2, 0.25) is 0 Å². The molecule has 0 saturated carbocycles. The summed E-state index contributed by atoms with van der Waals surface area (Å²) in [5.74, 6) is -0.290. The Labute approximate surface area is 119 Å². The highest BCUT2D eigenvalue weighted by Gasteiger charge is 2.11. The van der Waals surface area contributed by atoms with E-state index in [2.05, 4.69) is 21.2 Å². The number of hydrogen-bond acceptors (Lipinski definition) is 2. The molecule has 0 heterocycles. The van der Waals surface area contributed by atoms with Crippen LogP contribution >= 0.6 is 15.9 Å². The number of likely N-dealkylation sites (N-methyl/N-ethyl adjacent to an activating group) is 1. The lowest BCUT2D eigenvalue weighted by atomic mass is 10.0. The zero-order valence-corrected chi connectivity index (χ0v) is 12.2.